The molecule has 0 atom stereocenters. The van der Waals surface area contributed by atoms with Crippen molar-refractivity contribution in [2.45, 2.75) is 65.5 Å². The number of carbonyl (C=O) groups excluding carboxylic acids is 2. The standard InChI is InChI=1S/C33H37F3N6O3/c1-20-10-12-24(13-11-20)42-27(19-26(40-42)32(3,4)5)39-31(44)38-25-9-7-6-8-23(25)18-22-14-16-41(17-15-22)30(43)28-29(33(34,35)36)45-21(2)37-28/h6-13,19,22H,14-18H2,1-5H3,(H2,38,39,44). The second-order valence-electron chi connectivity index (χ2n) is 12.5. The SMILES string of the molecule is Cc1ccc(-n2nc(C(C)(C)C)cc2NC(=O)Nc2ccccc2CC2CCN(C(=O)c3nc(C)oc3C(F)(F)F)CC2)cc1. The third kappa shape index (κ3) is 7.38. The number of halogens is 3. The van der Waals surface area contributed by atoms with Gasteiger partial charge in [-0.1, -0.05) is 56.7 Å². The molecule has 0 saturated carbocycles. The van der Waals surface area contributed by atoms with Crippen molar-refractivity contribution in [2.75, 3.05) is 23.7 Å². The summed E-state index contributed by atoms with van der Waals surface area (Å²) in [6, 6.07) is 16.8. The van der Waals surface area contributed by atoms with Crippen LogP contribution < -0.4 is 10.6 Å². The molecule has 2 aromatic heterocycles. The molecule has 1 saturated heterocycles. The van der Waals surface area contributed by atoms with Crippen LogP contribution in [0.3, 0.4) is 0 Å². The van der Waals surface area contributed by atoms with Crippen LogP contribution in [-0.4, -0.2) is 44.7 Å². The molecule has 4 aromatic rings. The van der Waals surface area contributed by atoms with Crippen molar-refractivity contribution in [3.05, 3.63) is 88.8 Å². The van der Waals surface area contributed by atoms with Crippen LogP contribution in [0.2, 0.25) is 0 Å². The summed E-state index contributed by atoms with van der Waals surface area (Å²) in [6.07, 6.45) is -2.99. The highest BCUT2D eigenvalue weighted by molar-refractivity contribution is 6.00. The van der Waals surface area contributed by atoms with Gasteiger partial charge in [-0.2, -0.15) is 18.3 Å². The number of alkyl halides is 3. The Hall–Kier alpha value is -4.61. The third-order valence-corrected chi connectivity index (χ3v) is 7.87. The predicted molar refractivity (Wildman–Crippen MR) is 165 cm³/mol. The molecule has 9 nitrogen and oxygen atoms in total. The minimum absolute atomic E-state index is 0.165. The van der Waals surface area contributed by atoms with Crippen LogP contribution in [0.15, 0.2) is 59.0 Å². The molecule has 1 fully saturated rings. The largest absolute Gasteiger partial charge is 0.452 e. The van der Waals surface area contributed by atoms with E-state index >= 15 is 0 Å². The van der Waals surface area contributed by atoms with E-state index < -0.39 is 29.6 Å². The highest BCUT2D eigenvalue weighted by Crippen LogP contribution is 2.34. The van der Waals surface area contributed by atoms with Gasteiger partial charge in [-0.15, -0.1) is 0 Å². The zero-order chi connectivity index (χ0) is 32.5. The van der Waals surface area contributed by atoms with Crippen LogP contribution in [-0.2, 0) is 18.0 Å². The van der Waals surface area contributed by atoms with Gasteiger partial charge in [-0.3, -0.25) is 10.1 Å². The van der Waals surface area contributed by atoms with E-state index in [1.165, 1.54) is 11.8 Å². The number of benzene rings is 2. The van der Waals surface area contributed by atoms with E-state index in [0.717, 1.165) is 22.5 Å². The highest BCUT2D eigenvalue weighted by Gasteiger charge is 2.42. The van der Waals surface area contributed by atoms with Crippen molar-refractivity contribution >= 4 is 23.4 Å². The van der Waals surface area contributed by atoms with Gasteiger partial charge in [0.15, 0.2) is 11.6 Å². The second-order valence-corrected chi connectivity index (χ2v) is 12.5. The first-order valence-corrected chi connectivity index (χ1v) is 14.9. The van der Waals surface area contributed by atoms with E-state index in [1.54, 1.807) is 4.68 Å². The van der Waals surface area contributed by atoms with Gasteiger partial charge in [0.05, 0.1) is 11.4 Å². The number of aromatic nitrogens is 3. The molecule has 5 rings (SSSR count). The number of rotatable bonds is 6. The molecular weight excluding hydrogens is 585 g/mol. The number of para-hydroxylation sites is 1. The number of oxazole rings is 1. The van der Waals surface area contributed by atoms with Gasteiger partial charge in [0.1, 0.15) is 5.82 Å². The van der Waals surface area contributed by atoms with Gasteiger partial charge < -0.3 is 14.6 Å². The molecule has 238 valence electrons. The van der Waals surface area contributed by atoms with Crippen LogP contribution in [0.5, 0.6) is 0 Å². The van der Waals surface area contributed by atoms with Crippen LogP contribution in [0.25, 0.3) is 5.69 Å². The maximum absolute atomic E-state index is 13.4. The summed E-state index contributed by atoms with van der Waals surface area (Å²) in [4.78, 5) is 31.3. The van der Waals surface area contributed by atoms with Crippen molar-refractivity contribution in [3.63, 3.8) is 0 Å². The number of carbonyl (C=O) groups is 2. The minimum Gasteiger partial charge on any atom is -0.436 e. The molecule has 1 aliphatic rings. The van der Waals surface area contributed by atoms with E-state index in [2.05, 4.69) is 36.4 Å². The van der Waals surface area contributed by atoms with Crippen molar-refractivity contribution in [1.29, 1.82) is 0 Å². The number of anilines is 2. The van der Waals surface area contributed by atoms with Crippen molar-refractivity contribution < 1.29 is 27.2 Å². The fraction of sp³-hybridized carbons (Fsp3) is 0.394. The first-order chi connectivity index (χ1) is 21.2. The highest BCUT2D eigenvalue weighted by atomic mass is 19.4. The summed E-state index contributed by atoms with van der Waals surface area (Å²) >= 11 is 0. The summed E-state index contributed by atoms with van der Waals surface area (Å²) in [7, 11) is 0. The van der Waals surface area contributed by atoms with E-state index in [-0.39, 0.29) is 17.2 Å². The zero-order valence-electron chi connectivity index (χ0n) is 26.0. The Morgan fingerprint density at radius 3 is 2.29 bits per heavy atom. The minimum atomic E-state index is -4.80. The Morgan fingerprint density at radius 2 is 1.64 bits per heavy atom. The van der Waals surface area contributed by atoms with Crippen LogP contribution in [0.4, 0.5) is 29.5 Å². The van der Waals surface area contributed by atoms with Crippen molar-refractivity contribution in [3.8, 4) is 5.69 Å². The number of urea groups is 1. The number of hydrogen-bond donors (Lipinski definition) is 2. The molecule has 1 aliphatic heterocycles. The number of nitrogens with one attached hydrogen (secondary N) is 2. The molecule has 3 amide bonds. The normalized spacial score (nSPS) is 14.4. The average Bonchev–Trinajstić information content (AvgIpc) is 3.58. The fourth-order valence-corrected chi connectivity index (χ4v) is 5.37. The van der Waals surface area contributed by atoms with Gasteiger partial charge in [-0.25, -0.2) is 14.5 Å². The lowest BCUT2D eigenvalue weighted by Gasteiger charge is -2.32. The molecule has 3 heterocycles. The second kappa shape index (κ2) is 12.4. The molecule has 12 heteroatoms. The Kier molecular flexibility index (Phi) is 8.77. The maximum Gasteiger partial charge on any atom is 0.452 e. The van der Waals surface area contributed by atoms with Crippen LogP contribution >= 0.6 is 0 Å². The first-order valence-electron chi connectivity index (χ1n) is 14.9. The average molecular weight is 623 g/mol. The Morgan fingerprint density at radius 1 is 0.978 bits per heavy atom. The number of likely N-dealkylation sites (tertiary alicyclic amines) is 1. The van der Waals surface area contributed by atoms with E-state index in [0.29, 0.717) is 43.9 Å². The topological polar surface area (TPSA) is 105 Å². The fourth-order valence-electron chi connectivity index (χ4n) is 5.37. The Bertz CT molecular complexity index is 1680. The zero-order valence-corrected chi connectivity index (χ0v) is 26.0. The van der Waals surface area contributed by atoms with Gasteiger partial charge in [0.25, 0.3) is 5.91 Å². The van der Waals surface area contributed by atoms with Crippen LogP contribution in [0, 0.1) is 19.8 Å². The van der Waals surface area contributed by atoms with Gasteiger partial charge in [0.2, 0.25) is 5.76 Å². The molecule has 2 aromatic carbocycles. The molecule has 0 bridgehead atoms. The van der Waals surface area contributed by atoms with Crippen molar-refractivity contribution in [1.82, 2.24) is 19.7 Å². The molecule has 0 aliphatic carbocycles. The van der Waals surface area contributed by atoms with Gasteiger partial charge >= 0.3 is 12.2 Å². The first kappa shape index (κ1) is 31.8. The smallest absolute Gasteiger partial charge is 0.436 e. The maximum atomic E-state index is 13.4. The van der Waals surface area contributed by atoms with E-state index in [4.69, 9.17) is 9.52 Å². The molecular formula is C33H37F3N6O3. The number of amides is 3. The van der Waals surface area contributed by atoms with Crippen molar-refractivity contribution in [2.24, 2.45) is 5.92 Å². The summed E-state index contributed by atoms with van der Waals surface area (Å²) in [5.41, 5.74) is 3.41. The third-order valence-electron chi connectivity index (χ3n) is 7.87. The lowest BCUT2D eigenvalue weighted by atomic mass is 9.89. The van der Waals surface area contributed by atoms with E-state index in [1.807, 2.05) is 61.5 Å². The summed E-state index contributed by atoms with van der Waals surface area (Å²) in [5, 5.41) is 10.7. The summed E-state index contributed by atoms with van der Waals surface area (Å²) in [5.74, 6) is -1.65. The molecule has 0 unspecified atom stereocenters. The monoisotopic (exact) mass is 622 g/mol. The molecule has 2 N–H and O–H groups in total. The summed E-state index contributed by atoms with van der Waals surface area (Å²) < 4.78 is 46.5. The quantitative estimate of drug-likeness (QED) is 0.231. The number of piperidine rings is 1. The number of aryl methyl sites for hydroxylation is 2. The Balaban J connectivity index is 1.24. The summed E-state index contributed by atoms with van der Waals surface area (Å²) in [6.45, 7) is 10.1. The van der Waals surface area contributed by atoms with Gasteiger partial charge in [-0.05, 0) is 55.9 Å². The molecule has 45 heavy (non-hydrogen) atoms. The van der Waals surface area contributed by atoms with E-state index in [9.17, 15) is 22.8 Å². The molecule has 0 radical (unpaired) electrons. The number of nitrogens with zero attached hydrogens (tertiary/aromatic N) is 4. The Labute approximate surface area is 259 Å². The lowest BCUT2D eigenvalue weighted by molar-refractivity contribution is -0.153. The predicted octanol–water partition coefficient (Wildman–Crippen LogP) is 7.53. The number of hydrogen-bond acceptors (Lipinski definition) is 5. The van der Waals surface area contributed by atoms with Crippen LogP contribution in [0.1, 0.15) is 72.6 Å². The lowest BCUT2D eigenvalue weighted by Crippen LogP contribution is -2.39. The van der Waals surface area contributed by atoms with Gasteiger partial charge in [0, 0.05) is 37.2 Å². The molecule has 0 spiro atoms.